The Labute approximate surface area is 196 Å². The Kier molecular flexibility index (Phi) is 6.78. The van der Waals surface area contributed by atoms with Gasteiger partial charge >= 0.3 is 0 Å². The standard InChI is InChI=1S/C23H24FN3O4S2/c1-15-5-6-18(14-20(15)24)25-23(28)17-9-11-27(12-10-17)33(29,30)22-16(2)26-31-21(22)8-7-19-4-3-13-32-19/h3-8,13-14,17H,9-12H2,1-2H3,(H,25,28)/b8-7+. The molecule has 0 atom stereocenters. The topological polar surface area (TPSA) is 92.5 Å². The first-order valence-electron chi connectivity index (χ1n) is 10.5. The number of aryl methyl sites for hydroxylation is 2. The molecule has 0 spiro atoms. The molecule has 2 aromatic heterocycles. The molecule has 0 aliphatic carbocycles. The lowest BCUT2D eigenvalue weighted by molar-refractivity contribution is -0.120. The molecule has 1 aromatic carbocycles. The molecule has 1 aliphatic rings. The lowest BCUT2D eigenvalue weighted by atomic mass is 9.97. The van der Waals surface area contributed by atoms with Gasteiger partial charge in [-0.25, -0.2) is 12.8 Å². The number of aromatic nitrogens is 1. The lowest BCUT2D eigenvalue weighted by Gasteiger charge is -2.30. The molecule has 33 heavy (non-hydrogen) atoms. The van der Waals surface area contributed by atoms with Crippen LogP contribution in [0.15, 0.2) is 45.1 Å². The van der Waals surface area contributed by atoms with E-state index >= 15 is 0 Å². The number of thiophene rings is 1. The number of carbonyl (C=O) groups is 1. The summed E-state index contributed by atoms with van der Waals surface area (Å²) in [6.07, 6.45) is 4.13. The maximum atomic E-state index is 13.7. The molecule has 1 N–H and O–H groups in total. The number of sulfonamides is 1. The molecule has 0 bridgehead atoms. The molecule has 1 aliphatic heterocycles. The van der Waals surface area contributed by atoms with Crippen LogP contribution in [0.2, 0.25) is 0 Å². The average Bonchev–Trinajstić information content (AvgIpc) is 3.44. The fourth-order valence-electron chi connectivity index (χ4n) is 3.75. The van der Waals surface area contributed by atoms with Gasteiger partial charge in [0, 0.05) is 29.6 Å². The number of nitrogens with one attached hydrogen (secondary N) is 1. The first kappa shape index (κ1) is 23.3. The molecule has 7 nitrogen and oxygen atoms in total. The van der Waals surface area contributed by atoms with Crippen molar-refractivity contribution < 1.29 is 22.1 Å². The maximum absolute atomic E-state index is 13.7. The Morgan fingerprint density at radius 2 is 2.00 bits per heavy atom. The van der Waals surface area contributed by atoms with E-state index in [0.29, 0.717) is 29.8 Å². The van der Waals surface area contributed by atoms with Crippen LogP contribution in [0.4, 0.5) is 10.1 Å². The van der Waals surface area contributed by atoms with Crippen molar-refractivity contribution in [3.63, 3.8) is 0 Å². The van der Waals surface area contributed by atoms with E-state index in [1.54, 1.807) is 38.1 Å². The van der Waals surface area contributed by atoms with Gasteiger partial charge in [-0.3, -0.25) is 4.79 Å². The van der Waals surface area contributed by atoms with Crippen molar-refractivity contribution in [3.8, 4) is 0 Å². The van der Waals surface area contributed by atoms with E-state index in [0.717, 1.165) is 4.88 Å². The maximum Gasteiger partial charge on any atom is 0.248 e. The minimum Gasteiger partial charge on any atom is -0.355 e. The van der Waals surface area contributed by atoms with Crippen LogP contribution in [0.1, 0.15) is 34.7 Å². The largest absolute Gasteiger partial charge is 0.355 e. The van der Waals surface area contributed by atoms with E-state index in [1.165, 1.54) is 21.7 Å². The van der Waals surface area contributed by atoms with Gasteiger partial charge in [-0.05, 0) is 68.0 Å². The molecule has 1 saturated heterocycles. The highest BCUT2D eigenvalue weighted by atomic mass is 32.2. The summed E-state index contributed by atoms with van der Waals surface area (Å²) in [6.45, 7) is 3.64. The minimum atomic E-state index is -3.84. The van der Waals surface area contributed by atoms with Crippen LogP contribution >= 0.6 is 11.3 Å². The fraction of sp³-hybridized carbons (Fsp3) is 0.304. The zero-order valence-electron chi connectivity index (χ0n) is 18.2. The molecule has 1 amide bonds. The van der Waals surface area contributed by atoms with Gasteiger partial charge in [-0.15, -0.1) is 11.3 Å². The van der Waals surface area contributed by atoms with E-state index in [9.17, 15) is 17.6 Å². The van der Waals surface area contributed by atoms with E-state index in [2.05, 4.69) is 10.5 Å². The third-order valence-corrected chi connectivity index (χ3v) is 8.53. The van der Waals surface area contributed by atoms with Crippen LogP contribution < -0.4 is 5.32 Å². The van der Waals surface area contributed by atoms with Crippen LogP contribution in [-0.2, 0) is 14.8 Å². The Bertz CT molecular complexity index is 1280. The molecule has 174 valence electrons. The van der Waals surface area contributed by atoms with Gasteiger partial charge in [0.05, 0.1) is 0 Å². The summed E-state index contributed by atoms with van der Waals surface area (Å²) >= 11 is 1.53. The Morgan fingerprint density at radius 3 is 2.67 bits per heavy atom. The number of benzene rings is 1. The summed E-state index contributed by atoms with van der Waals surface area (Å²) in [5.74, 6) is -0.803. The summed E-state index contributed by atoms with van der Waals surface area (Å²) < 4.78 is 47.1. The van der Waals surface area contributed by atoms with Crippen molar-refractivity contribution in [3.05, 3.63) is 63.4 Å². The second kappa shape index (κ2) is 9.58. The SMILES string of the molecule is Cc1ccc(NC(=O)C2CCN(S(=O)(=O)c3c(C)noc3/C=C/c3cccs3)CC2)cc1F. The van der Waals surface area contributed by atoms with Crippen molar-refractivity contribution in [2.75, 3.05) is 18.4 Å². The number of hydrogen-bond donors (Lipinski definition) is 1. The number of carbonyl (C=O) groups excluding carboxylic acids is 1. The van der Waals surface area contributed by atoms with Crippen LogP contribution in [0, 0.1) is 25.6 Å². The molecule has 3 heterocycles. The number of hydrogen-bond acceptors (Lipinski definition) is 6. The number of anilines is 1. The van der Waals surface area contributed by atoms with Crippen LogP contribution in [0.5, 0.6) is 0 Å². The Morgan fingerprint density at radius 1 is 1.24 bits per heavy atom. The molecular weight excluding hydrogens is 465 g/mol. The summed E-state index contributed by atoms with van der Waals surface area (Å²) in [5, 5.41) is 8.52. The van der Waals surface area contributed by atoms with Gasteiger partial charge in [0.15, 0.2) is 10.7 Å². The molecule has 0 saturated carbocycles. The van der Waals surface area contributed by atoms with Gasteiger partial charge in [0.1, 0.15) is 11.5 Å². The third kappa shape index (κ3) is 5.07. The van der Waals surface area contributed by atoms with Gasteiger partial charge in [0.2, 0.25) is 15.9 Å². The Hall–Kier alpha value is -2.82. The smallest absolute Gasteiger partial charge is 0.248 e. The third-order valence-electron chi connectivity index (χ3n) is 5.64. The molecule has 4 rings (SSSR count). The van der Waals surface area contributed by atoms with Gasteiger partial charge in [0.25, 0.3) is 0 Å². The lowest BCUT2D eigenvalue weighted by Crippen LogP contribution is -2.41. The van der Waals surface area contributed by atoms with E-state index in [1.807, 2.05) is 17.5 Å². The van der Waals surface area contributed by atoms with Crippen LogP contribution in [0.25, 0.3) is 12.2 Å². The van der Waals surface area contributed by atoms with E-state index in [-0.39, 0.29) is 41.4 Å². The molecule has 0 unspecified atom stereocenters. The highest BCUT2D eigenvalue weighted by Gasteiger charge is 2.36. The van der Waals surface area contributed by atoms with E-state index < -0.39 is 10.0 Å². The molecule has 3 aromatic rings. The number of amides is 1. The number of nitrogens with zero attached hydrogens (tertiary/aromatic N) is 2. The molecule has 0 radical (unpaired) electrons. The Balaban J connectivity index is 1.43. The summed E-state index contributed by atoms with van der Waals surface area (Å²) in [5.41, 5.74) is 1.18. The zero-order valence-corrected chi connectivity index (χ0v) is 19.9. The predicted octanol–water partition coefficient (Wildman–Crippen LogP) is 4.70. The van der Waals surface area contributed by atoms with Crippen molar-refractivity contribution >= 4 is 45.1 Å². The van der Waals surface area contributed by atoms with Crippen LogP contribution in [0.3, 0.4) is 0 Å². The summed E-state index contributed by atoms with van der Waals surface area (Å²) in [7, 11) is -3.84. The quantitative estimate of drug-likeness (QED) is 0.542. The van der Waals surface area contributed by atoms with Crippen molar-refractivity contribution in [1.82, 2.24) is 9.46 Å². The van der Waals surface area contributed by atoms with Crippen molar-refractivity contribution in [2.45, 2.75) is 31.6 Å². The normalized spacial score (nSPS) is 15.8. The number of rotatable bonds is 6. The van der Waals surface area contributed by atoms with Gasteiger partial charge < -0.3 is 9.84 Å². The number of halogens is 1. The molecule has 10 heteroatoms. The summed E-state index contributed by atoms with van der Waals surface area (Å²) in [4.78, 5) is 13.6. The first-order chi connectivity index (χ1) is 15.8. The van der Waals surface area contributed by atoms with E-state index in [4.69, 9.17) is 4.52 Å². The second-order valence-electron chi connectivity index (χ2n) is 7.94. The van der Waals surface area contributed by atoms with Crippen LogP contribution in [-0.4, -0.2) is 36.9 Å². The highest BCUT2D eigenvalue weighted by molar-refractivity contribution is 7.89. The van der Waals surface area contributed by atoms with Crippen molar-refractivity contribution in [2.24, 2.45) is 5.92 Å². The fourth-order valence-corrected chi connectivity index (χ4v) is 6.08. The predicted molar refractivity (Wildman–Crippen MR) is 126 cm³/mol. The zero-order chi connectivity index (χ0) is 23.6. The monoisotopic (exact) mass is 489 g/mol. The number of piperidine rings is 1. The first-order valence-corrected chi connectivity index (χ1v) is 12.8. The highest BCUT2D eigenvalue weighted by Crippen LogP contribution is 2.30. The second-order valence-corrected chi connectivity index (χ2v) is 10.8. The van der Waals surface area contributed by atoms with Crippen molar-refractivity contribution in [1.29, 1.82) is 0 Å². The van der Waals surface area contributed by atoms with Gasteiger partial charge in [-0.2, -0.15) is 4.31 Å². The van der Waals surface area contributed by atoms with Gasteiger partial charge in [-0.1, -0.05) is 17.3 Å². The molecule has 1 fully saturated rings. The average molecular weight is 490 g/mol. The summed E-state index contributed by atoms with van der Waals surface area (Å²) in [6, 6.07) is 8.36. The minimum absolute atomic E-state index is 0.0494. The molecular formula is C23H24FN3O4S2.